The third-order valence-electron chi connectivity index (χ3n) is 2.39. The second-order valence-corrected chi connectivity index (χ2v) is 3.25. The van der Waals surface area contributed by atoms with Gasteiger partial charge in [0.05, 0.1) is 0 Å². The number of ketones is 1. The van der Waals surface area contributed by atoms with Gasteiger partial charge in [-0.1, -0.05) is 26.7 Å². The first kappa shape index (κ1) is 9.96. The lowest BCUT2D eigenvalue weighted by atomic mass is 9.97. The molecular formula is C10H16N2O. The number of Topliss-reactive ketones (excluding diaryl/α,β-unsaturated/α-hetero) is 1. The summed E-state index contributed by atoms with van der Waals surface area (Å²) in [5.41, 5.74) is 0. The molecule has 0 amide bonds. The molecule has 0 saturated carbocycles. The quantitative estimate of drug-likeness (QED) is 0.707. The molecule has 1 heterocycles. The van der Waals surface area contributed by atoms with Crippen molar-refractivity contribution in [1.29, 1.82) is 0 Å². The van der Waals surface area contributed by atoms with Gasteiger partial charge in [0, 0.05) is 18.8 Å². The predicted molar refractivity (Wildman–Crippen MR) is 51.6 cm³/mol. The van der Waals surface area contributed by atoms with Gasteiger partial charge in [0.15, 0.2) is 11.6 Å². The molecule has 0 aliphatic carbocycles. The highest BCUT2D eigenvalue weighted by Gasteiger charge is 2.13. The average Bonchev–Trinajstić information content (AvgIpc) is 2.66. The van der Waals surface area contributed by atoms with Crippen molar-refractivity contribution in [3.63, 3.8) is 0 Å². The molecular weight excluding hydrogens is 164 g/mol. The van der Waals surface area contributed by atoms with Crippen LogP contribution in [0.1, 0.15) is 43.7 Å². The minimum absolute atomic E-state index is 0.124. The van der Waals surface area contributed by atoms with Crippen LogP contribution in [0.5, 0.6) is 0 Å². The van der Waals surface area contributed by atoms with Crippen molar-refractivity contribution in [3.8, 4) is 0 Å². The number of nitrogens with zero attached hydrogens (tertiary/aromatic N) is 1. The molecule has 1 N–H and O–H groups in total. The second kappa shape index (κ2) is 4.80. The fourth-order valence-electron chi connectivity index (χ4n) is 1.35. The molecule has 0 unspecified atom stereocenters. The summed E-state index contributed by atoms with van der Waals surface area (Å²) in [4.78, 5) is 18.3. The Morgan fingerprint density at radius 3 is 2.69 bits per heavy atom. The SMILES string of the molecule is CCC(CC)CC(=O)c1ncc[nH]1. The summed E-state index contributed by atoms with van der Waals surface area (Å²) in [6.07, 6.45) is 6.02. The van der Waals surface area contributed by atoms with Gasteiger partial charge >= 0.3 is 0 Å². The Morgan fingerprint density at radius 2 is 2.23 bits per heavy atom. The van der Waals surface area contributed by atoms with E-state index in [2.05, 4.69) is 23.8 Å². The molecule has 0 radical (unpaired) electrons. The molecule has 0 atom stereocenters. The molecule has 72 valence electrons. The lowest BCUT2D eigenvalue weighted by molar-refractivity contribution is 0.0949. The molecule has 0 saturated heterocycles. The number of nitrogens with one attached hydrogen (secondary N) is 1. The van der Waals surface area contributed by atoms with Gasteiger partial charge in [0.25, 0.3) is 0 Å². The van der Waals surface area contributed by atoms with Crippen LogP contribution in [0.2, 0.25) is 0 Å². The Morgan fingerprint density at radius 1 is 1.54 bits per heavy atom. The smallest absolute Gasteiger partial charge is 0.198 e. The maximum Gasteiger partial charge on any atom is 0.198 e. The topological polar surface area (TPSA) is 45.8 Å². The van der Waals surface area contributed by atoms with Crippen molar-refractivity contribution in [2.24, 2.45) is 5.92 Å². The average molecular weight is 180 g/mol. The van der Waals surface area contributed by atoms with E-state index in [0.29, 0.717) is 18.2 Å². The van der Waals surface area contributed by atoms with E-state index in [4.69, 9.17) is 0 Å². The fourth-order valence-corrected chi connectivity index (χ4v) is 1.35. The normalized spacial score (nSPS) is 10.7. The van der Waals surface area contributed by atoms with E-state index in [1.54, 1.807) is 12.4 Å². The van der Waals surface area contributed by atoms with Crippen LogP contribution in [0.15, 0.2) is 12.4 Å². The number of carbonyl (C=O) groups excluding carboxylic acids is 1. The number of H-pyrrole nitrogens is 1. The number of rotatable bonds is 5. The first-order valence-electron chi connectivity index (χ1n) is 4.80. The Kier molecular flexibility index (Phi) is 3.68. The van der Waals surface area contributed by atoms with Crippen LogP contribution < -0.4 is 0 Å². The Labute approximate surface area is 78.6 Å². The van der Waals surface area contributed by atoms with Gasteiger partial charge in [0.2, 0.25) is 0 Å². The first-order chi connectivity index (χ1) is 6.27. The molecule has 3 heteroatoms. The molecule has 3 nitrogen and oxygen atoms in total. The third kappa shape index (κ3) is 2.68. The summed E-state index contributed by atoms with van der Waals surface area (Å²) in [5, 5.41) is 0. The molecule has 0 bridgehead atoms. The Balaban J connectivity index is 2.50. The maximum atomic E-state index is 11.5. The van der Waals surface area contributed by atoms with Gasteiger partial charge in [0.1, 0.15) is 0 Å². The number of aromatic amines is 1. The molecule has 0 aliphatic heterocycles. The highest BCUT2D eigenvalue weighted by atomic mass is 16.1. The van der Waals surface area contributed by atoms with Gasteiger partial charge in [-0.3, -0.25) is 4.79 Å². The van der Waals surface area contributed by atoms with Crippen molar-refractivity contribution in [3.05, 3.63) is 18.2 Å². The minimum atomic E-state index is 0.124. The van der Waals surface area contributed by atoms with Gasteiger partial charge in [-0.25, -0.2) is 4.98 Å². The summed E-state index contributed by atoms with van der Waals surface area (Å²) >= 11 is 0. The highest BCUT2D eigenvalue weighted by molar-refractivity contribution is 5.92. The van der Waals surface area contributed by atoms with Gasteiger partial charge in [-0.2, -0.15) is 0 Å². The minimum Gasteiger partial charge on any atom is -0.342 e. The molecule has 1 aromatic rings. The molecule has 1 aromatic heterocycles. The van der Waals surface area contributed by atoms with Gasteiger partial charge < -0.3 is 4.98 Å². The third-order valence-corrected chi connectivity index (χ3v) is 2.39. The van der Waals surface area contributed by atoms with Crippen molar-refractivity contribution < 1.29 is 4.79 Å². The van der Waals surface area contributed by atoms with E-state index >= 15 is 0 Å². The number of imidazole rings is 1. The summed E-state index contributed by atoms with van der Waals surface area (Å²) in [6.45, 7) is 4.23. The largest absolute Gasteiger partial charge is 0.342 e. The van der Waals surface area contributed by atoms with E-state index in [1.807, 2.05) is 0 Å². The highest BCUT2D eigenvalue weighted by Crippen LogP contribution is 2.14. The lowest BCUT2D eigenvalue weighted by Gasteiger charge is -2.08. The van der Waals surface area contributed by atoms with Crippen LogP contribution in [-0.2, 0) is 0 Å². The van der Waals surface area contributed by atoms with Crippen LogP contribution in [-0.4, -0.2) is 15.8 Å². The van der Waals surface area contributed by atoms with Crippen LogP contribution in [0.25, 0.3) is 0 Å². The molecule has 0 spiro atoms. The van der Waals surface area contributed by atoms with Crippen molar-refractivity contribution in [2.45, 2.75) is 33.1 Å². The van der Waals surface area contributed by atoms with Gasteiger partial charge in [-0.15, -0.1) is 0 Å². The van der Waals surface area contributed by atoms with E-state index < -0.39 is 0 Å². The molecule has 1 rings (SSSR count). The molecule has 0 aromatic carbocycles. The van der Waals surface area contributed by atoms with Crippen molar-refractivity contribution in [2.75, 3.05) is 0 Å². The summed E-state index contributed by atoms with van der Waals surface area (Å²) in [5.74, 6) is 1.11. The zero-order chi connectivity index (χ0) is 9.68. The van der Waals surface area contributed by atoms with Crippen LogP contribution in [0.3, 0.4) is 0 Å². The second-order valence-electron chi connectivity index (χ2n) is 3.25. The van der Waals surface area contributed by atoms with Crippen LogP contribution in [0, 0.1) is 5.92 Å². The Hall–Kier alpha value is -1.12. The van der Waals surface area contributed by atoms with E-state index in [9.17, 15) is 4.79 Å². The van der Waals surface area contributed by atoms with Crippen molar-refractivity contribution in [1.82, 2.24) is 9.97 Å². The zero-order valence-electron chi connectivity index (χ0n) is 8.21. The monoisotopic (exact) mass is 180 g/mol. The number of hydrogen-bond donors (Lipinski definition) is 1. The van der Waals surface area contributed by atoms with E-state index in [-0.39, 0.29) is 5.78 Å². The maximum absolute atomic E-state index is 11.5. The van der Waals surface area contributed by atoms with Gasteiger partial charge in [-0.05, 0) is 5.92 Å². The number of carbonyl (C=O) groups is 1. The summed E-state index contributed by atoms with van der Waals surface area (Å²) in [6, 6.07) is 0. The summed E-state index contributed by atoms with van der Waals surface area (Å²) in [7, 11) is 0. The number of aromatic nitrogens is 2. The standard InChI is InChI=1S/C10H16N2O/c1-3-8(4-2)7-9(13)10-11-5-6-12-10/h5-6,8H,3-4,7H2,1-2H3,(H,11,12). The van der Waals surface area contributed by atoms with Crippen LogP contribution >= 0.6 is 0 Å². The fraction of sp³-hybridized carbons (Fsp3) is 0.600. The zero-order valence-corrected chi connectivity index (χ0v) is 8.21. The molecule has 0 aliphatic rings. The number of hydrogen-bond acceptors (Lipinski definition) is 2. The van der Waals surface area contributed by atoms with Crippen LogP contribution in [0.4, 0.5) is 0 Å². The summed E-state index contributed by atoms with van der Waals surface area (Å²) < 4.78 is 0. The molecule has 0 fully saturated rings. The molecule has 13 heavy (non-hydrogen) atoms. The van der Waals surface area contributed by atoms with E-state index in [0.717, 1.165) is 12.8 Å². The lowest BCUT2D eigenvalue weighted by Crippen LogP contribution is -2.08. The predicted octanol–water partition coefficient (Wildman–Crippen LogP) is 2.42. The van der Waals surface area contributed by atoms with E-state index in [1.165, 1.54) is 0 Å². The Bertz CT molecular complexity index is 250. The first-order valence-corrected chi connectivity index (χ1v) is 4.80. The van der Waals surface area contributed by atoms with Crippen molar-refractivity contribution >= 4 is 5.78 Å².